The van der Waals surface area contributed by atoms with E-state index in [1.165, 1.54) is 4.90 Å². The molecule has 2 fully saturated rings. The Morgan fingerprint density at radius 1 is 1.36 bits per heavy atom. The van der Waals surface area contributed by atoms with Crippen LogP contribution in [-0.2, 0) is 11.2 Å². The summed E-state index contributed by atoms with van der Waals surface area (Å²) in [6.07, 6.45) is 0.152. The van der Waals surface area contributed by atoms with E-state index in [-0.39, 0.29) is 0 Å². The Hall–Kier alpha value is -2.59. The summed E-state index contributed by atoms with van der Waals surface area (Å²) in [6, 6.07) is 4.01. The number of hydrogen-bond donors (Lipinski definition) is 1. The molecule has 1 aromatic carbocycles. The van der Waals surface area contributed by atoms with Crippen molar-refractivity contribution in [1.29, 1.82) is 5.26 Å². The second-order valence-corrected chi connectivity index (χ2v) is 5.60. The van der Waals surface area contributed by atoms with Gasteiger partial charge < -0.3 is 14.7 Å². The molecular weight excluding hydrogens is 286 g/mol. The van der Waals surface area contributed by atoms with E-state index in [0.717, 1.165) is 4.90 Å². The summed E-state index contributed by atoms with van der Waals surface area (Å²) in [5, 5.41) is 19.0. The van der Waals surface area contributed by atoms with Crippen LogP contribution in [0.3, 0.4) is 0 Å². The molecule has 0 radical (unpaired) electrons. The van der Waals surface area contributed by atoms with Crippen molar-refractivity contribution in [1.82, 2.24) is 4.90 Å². The Morgan fingerprint density at radius 3 is 2.91 bits per heavy atom. The molecule has 2 saturated heterocycles. The van der Waals surface area contributed by atoms with Crippen molar-refractivity contribution < 1.29 is 19.4 Å². The van der Waals surface area contributed by atoms with Crippen molar-refractivity contribution in [3.63, 3.8) is 0 Å². The number of fused-ring (bicyclic) bond motifs is 2. The molecule has 3 amide bonds. The van der Waals surface area contributed by atoms with Crippen molar-refractivity contribution in [2.24, 2.45) is 0 Å². The third kappa shape index (κ3) is 1.53. The maximum Gasteiger partial charge on any atom is 0.332 e. The summed E-state index contributed by atoms with van der Waals surface area (Å²) in [5.74, 6) is 0.0435. The summed E-state index contributed by atoms with van der Waals surface area (Å²) in [7, 11) is 0. The van der Waals surface area contributed by atoms with Crippen LogP contribution in [0.5, 0.6) is 5.75 Å². The van der Waals surface area contributed by atoms with Gasteiger partial charge in [0.05, 0.1) is 24.0 Å². The number of hydrogen-bond acceptors (Lipinski definition) is 5. The Morgan fingerprint density at radius 2 is 2.18 bits per heavy atom. The second-order valence-electron chi connectivity index (χ2n) is 5.60. The summed E-state index contributed by atoms with van der Waals surface area (Å²) < 4.78 is 5.47. The molecule has 7 heteroatoms. The summed E-state index contributed by atoms with van der Waals surface area (Å²) in [6.45, 7) is 0.800. The molecule has 1 aromatic rings. The van der Waals surface area contributed by atoms with Gasteiger partial charge in [-0.3, -0.25) is 4.79 Å². The minimum Gasteiger partial charge on any atom is -0.491 e. The number of urea groups is 1. The molecular formula is C15H13N3O4. The second kappa shape index (κ2) is 4.45. The number of aliphatic hydroxyl groups is 1. The molecule has 112 valence electrons. The fourth-order valence-corrected chi connectivity index (χ4v) is 3.44. The first-order valence-corrected chi connectivity index (χ1v) is 7.15. The minimum absolute atomic E-state index is 0.377. The first-order valence-electron chi connectivity index (χ1n) is 7.15. The predicted molar refractivity (Wildman–Crippen MR) is 74.4 cm³/mol. The molecule has 3 aliphatic rings. The van der Waals surface area contributed by atoms with Crippen LogP contribution in [0, 0.1) is 11.3 Å². The van der Waals surface area contributed by atoms with E-state index in [4.69, 9.17) is 10.00 Å². The lowest BCUT2D eigenvalue weighted by atomic mass is 10.0. The lowest BCUT2D eigenvalue weighted by Gasteiger charge is -2.18. The molecule has 0 aliphatic carbocycles. The van der Waals surface area contributed by atoms with Crippen molar-refractivity contribution in [2.75, 3.05) is 18.1 Å². The van der Waals surface area contributed by atoms with E-state index in [0.29, 0.717) is 48.6 Å². The highest BCUT2D eigenvalue weighted by Gasteiger charge is 2.53. The van der Waals surface area contributed by atoms with E-state index in [2.05, 4.69) is 6.07 Å². The number of nitriles is 1. The van der Waals surface area contributed by atoms with Crippen molar-refractivity contribution in [2.45, 2.75) is 25.0 Å². The average molecular weight is 299 g/mol. The van der Waals surface area contributed by atoms with Gasteiger partial charge in [-0.25, -0.2) is 9.69 Å². The number of anilines is 1. The third-order valence-electron chi connectivity index (χ3n) is 4.47. The quantitative estimate of drug-likeness (QED) is 0.757. The van der Waals surface area contributed by atoms with Crippen LogP contribution >= 0.6 is 0 Å². The van der Waals surface area contributed by atoms with Crippen LogP contribution in [0.15, 0.2) is 12.1 Å². The zero-order chi connectivity index (χ0) is 15.4. The van der Waals surface area contributed by atoms with E-state index in [1.807, 2.05) is 0 Å². The number of imide groups is 1. The van der Waals surface area contributed by atoms with Gasteiger partial charge in [-0.05, 0) is 18.6 Å². The van der Waals surface area contributed by atoms with E-state index >= 15 is 0 Å². The van der Waals surface area contributed by atoms with Crippen LogP contribution in [0.2, 0.25) is 0 Å². The molecule has 22 heavy (non-hydrogen) atoms. The van der Waals surface area contributed by atoms with Crippen LogP contribution in [0.25, 0.3) is 0 Å². The van der Waals surface area contributed by atoms with Gasteiger partial charge in [0.25, 0.3) is 5.91 Å². The highest BCUT2D eigenvalue weighted by atomic mass is 16.5. The van der Waals surface area contributed by atoms with E-state index in [9.17, 15) is 14.7 Å². The summed E-state index contributed by atoms with van der Waals surface area (Å²) in [4.78, 5) is 27.6. The molecule has 1 N–H and O–H groups in total. The highest BCUT2D eigenvalue weighted by Crippen LogP contribution is 2.40. The van der Waals surface area contributed by atoms with Crippen LogP contribution < -0.4 is 9.64 Å². The molecule has 0 saturated carbocycles. The lowest BCUT2D eigenvalue weighted by Crippen LogP contribution is -2.36. The zero-order valence-corrected chi connectivity index (χ0v) is 11.7. The lowest BCUT2D eigenvalue weighted by molar-refractivity contribution is -0.121. The molecule has 4 rings (SSSR count). The third-order valence-corrected chi connectivity index (χ3v) is 4.47. The molecule has 0 bridgehead atoms. The molecule has 3 heterocycles. The normalized spacial score (nSPS) is 26.0. The monoisotopic (exact) mass is 299 g/mol. The Labute approximate surface area is 126 Å². The average Bonchev–Trinajstić information content (AvgIpc) is 3.18. The number of ether oxygens (including phenoxy) is 1. The van der Waals surface area contributed by atoms with Crippen molar-refractivity contribution in [3.8, 4) is 11.8 Å². The van der Waals surface area contributed by atoms with Crippen molar-refractivity contribution in [3.05, 3.63) is 23.3 Å². The highest BCUT2D eigenvalue weighted by molar-refractivity contribution is 6.22. The smallest absolute Gasteiger partial charge is 0.332 e. The van der Waals surface area contributed by atoms with Gasteiger partial charge in [-0.1, -0.05) is 0 Å². The molecule has 0 spiro atoms. The van der Waals surface area contributed by atoms with Gasteiger partial charge in [0, 0.05) is 18.5 Å². The number of amides is 3. The van der Waals surface area contributed by atoms with Gasteiger partial charge >= 0.3 is 6.03 Å². The predicted octanol–water partition coefficient (Wildman–Crippen LogP) is 0.395. The minimum atomic E-state index is -0.816. The standard InChI is InChI=1S/C15H13N3O4/c16-7-8-1-2-10(9-4-6-22-13(8)9)18-14(20)12-11(19)3-5-17(12)15(18)21/h1-2,11-12,19H,3-6H2/t11?,12-/m0/s1. The van der Waals surface area contributed by atoms with Gasteiger partial charge in [-0.15, -0.1) is 0 Å². The fourth-order valence-electron chi connectivity index (χ4n) is 3.44. The molecule has 3 aliphatic heterocycles. The summed E-state index contributed by atoms with van der Waals surface area (Å²) in [5.41, 5.74) is 1.57. The fraction of sp³-hybridized carbons (Fsp3) is 0.400. The zero-order valence-electron chi connectivity index (χ0n) is 11.7. The Kier molecular flexibility index (Phi) is 2.65. The van der Waals surface area contributed by atoms with Crippen molar-refractivity contribution >= 4 is 17.6 Å². The Bertz CT molecular complexity index is 739. The van der Waals surface area contributed by atoms with Crippen LogP contribution in [-0.4, -0.2) is 47.2 Å². The topological polar surface area (TPSA) is 93.9 Å². The number of nitrogens with zero attached hydrogens (tertiary/aromatic N) is 3. The van der Waals surface area contributed by atoms with E-state index in [1.54, 1.807) is 12.1 Å². The molecule has 2 atom stereocenters. The maximum atomic E-state index is 12.6. The Balaban J connectivity index is 1.81. The number of carbonyl (C=O) groups is 2. The maximum absolute atomic E-state index is 12.6. The van der Waals surface area contributed by atoms with E-state index < -0.39 is 24.1 Å². The first kappa shape index (κ1) is 13.1. The number of aliphatic hydroxyl groups excluding tert-OH is 1. The van der Waals surface area contributed by atoms with Gasteiger partial charge in [0.1, 0.15) is 17.9 Å². The number of rotatable bonds is 1. The largest absolute Gasteiger partial charge is 0.491 e. The molecule has 7 nitrogen and oxygen atoms in total. The first-order chi connectivity index (χ1) is 10.6. The number of carbonyl (C=O) groups excluding carboxylic acids is 2. The van der Waals surface area contributed by atoms with Crippen LogP contribution in [0.1, 0.15) is 17.5 Å². The van der Waals surface area contributed by atoms with Crippen LogP contribution in [0.4, 0.5) is 10.5 Å². The van der Waals surface area contributed by atoms with Gasteiger partial charge in [0.15, 0.2) is 0 Å². The molecule has 1 unspecified atom stereocenters. The van der Waals surface area contributed by atoms with Gasteiger partial charge in [0.2, 0.25) is 0 Å². The SMILES string of the molecule is N#Cc1ccc(N2C(=O)[C@@H]3C(O)CCN3C2=O)c2c1OCC2. The summed E-state index contributed by atoms with van der Waals surface area (Å²) >= 11 is 0. The molecule has 0 aromatic heterocycles. The number of benzene rings is 1. The van der Waals surface area contributed by atoms with Gasteiger partial charge in [-0.2, -0.15) is 5.26 Å².